The number of nitrogens with zero attached hydrogens (tertiary/aromatic N) is 5. The van der Waals surface area contributed by atoms with Gasteiger partial charge in [-0.25, -0.2) is 9.86 Å². The molecular formula is C26H36N6O9. The van der Waals surface area contributed by atoms with E-state index in [1.165, 1.54) is 20.2 Å². The molecule has 1 amide bonds. The molecule has 0 aliphatic heterocycles. The van der Waals surface area contributed by atoms with Gasteiger partial charge in [0, 0.05) is 37.7 Å². The van der Waals surface area contributed by atoms with Crippen LogP contribution in [-0.2, 0) is 4.84 Å². The van der Waals surface area contributed by atoms with Crippen LogP contribution in [0.5, 0.6) is 0 Å². The summed E-state index contributed by atoms with van der Waals surface area (Å²) in [5.41, 5.74) is 7.16. The van der Waals surface area contributed by atoms with E-state index in [4.69, 9.17) is 24.4 Å². The van der Waals surface area contributed by atoms with Crippen molar-refractivity contribution < 1.29 is 42.4 Å². The van der Waals surface area contributed by atoms with Gasteiger partial charge in [0.25, 0.3) is 5.91 Å². The molecule has 3 N–H and O–H groups in total. The lowest BCUT2D eigenvalue weighted by Crippen LogP contribution is -2.25. The molecule has 41 heavy (non-hydrogen) atoms. The van der Waals surface area contributed by atoms with Crippen LogP contribution >= 0.6 is 0 Å². The number of carboxylic acid groups (broad SMARTS) is 1. The van der Waals surface area contributed by atoms with Gasteiger partial charge in [-0.3, -0.25) is 14.4 Å². The number of carbonyl (C=O) groups is 3. The zero-order valence-corrected chi connectivity index (χ0v) is 24.3. The molecule has 15 heteroatoms. The highest BCUT2D eigenvalue weighted by molar-refractivity contribution is 5.93. The van der Waals surface area contributed by atoms with Crippen molar-refractivity contribution in [2.75, 3.05) is 14.2 Å². The molecule has 224 valence electrons. The van der Waals surface area contributed by atoms with Crippen LogP contribution in [0, 0.1) is 27.7 Å². The highest BCUT2D eigenvalue weighted by atomic mass is 16.7. The molecule has 0 saturated carbocycles. The number of rotatable bonds is 7. The second-order valence-corrected chi connectivity index (χ2v) is 8.41. The van der Waals surface area contributed by atoms with E-state index in [0.29, 0.717) is 29.4 Å². The molecule has 4 heterocycles. The largest absolute Gasteiger partial charge is 0.476 e. The van der Waals surface area contributed by atoms with Gasteiger partial charge in [0.05, 0.1) is 13.2 Å². The average Bonchev–Trinajstić information content (AvgIpc) is 3.77. The van der Waals surface area contributed by atoms with Crippen molar-refractivity contribution in [2.24, 2.45) is 5.73 Å². The number of hydrogen-bond donors (Lipinski definition) is 2. The van der Waals surface area contributed by atoms with Crippen molar-refractivity contribution in [1.29, 1.82) is 0 Å². The van der Waals surface area contributed by atoms with Gasteiger partial charge in [-0.05, 0) is 34.1 Å². The van der Waals surface area contributed by atoms with Crippen molar-refractivity contribution >= 4 is 17.7 Å². The Kier molecular flexibility index (Phi) is 14.4. The van der Waals surface area contributed by atoms with Gasteiger partial charge in [-0.1, -0.05) is 34.5 Å². The summed E-state index contributed by atoms with van der Waals surface area (Å²) < 4.78 is 18.8. The van der Waals surface area contributed by atoms with Gasteiger partial charge in [-0.15, -0.1) is 0 Å². The van der Waals surface area contributed by atoms with Crippen molar-refractivity contribution in [2.45, 2.75) is 60.4 Å². The summed E-state index contributed by atoms with van der Waals surface area (Å²) in [6.07, 6.45) is 1.37. The molecule has 1 atom stereocenters. The zero-order chi connectivity index (χ0) is 31.1. The van der Waals surface area contributed by atoms with Gasteiger partial charge in [0.2, 0.25) is 0 Å². The second-order valence-electron chi connectivity index (χ2n) is 8.41. The Morgan fingerprint density at radius 3 is 1.59 bits per heavy atom. The number of aryl methyl sites for hydroxylation is 4. The van der Waals surface area contributed by atoms with Crippen molar-refractivity contribution in [3.8, 4) is 0 Å². The Bertz CT molecular complexity index is 1370. The first-order chi connectivity index (χ1) is 19.3. The van der Waals surface area contributed by atoms with Crippen LogP contribution in [-0.4, -0.2) is 62.6 Å². The molecule has 15 nitrogen and oxygen atoms in total. The Hall–Kier alpha value is -4.63. The summed E-state index contributed by atoms with van der Waals surface area (Å²) in [6.45, 7) is 10.8. The predicted molar refractivity (Wildman–Crippen MR) is 143 cm³/mol. The summed E-state index contributed by atoms with van der Waals surface area (Å²) in [4.78, 5) is 36.9. The number of aromatic nitrogens is 4. The number of carbonyl (C=O) groups excluding carboxylic acids is 2. The number of amides is 1. The van der Waals surface area contributed by atoms with Crippen LogP contribution in [0.15, 0.2) is 42.4 Å². The van der Waals surface area contributed by atoms with E-state index in [-0.39, 0.29) is 29.1 Å². The molecule has 4 aromatic heterocycles. The molecule has 1 unspecified atom stereocenters. The third-order valence-corrected chi connectivity index (χ3v) is 4.95. The third kappa shape index (κ3) is 12.0. The van der Waals surface area contributed by atoms with Crippen LogP contribution in [0.4, 0.5) is 0 Å². The summed E-state index contributed by atoms with van der Waals surface area (Å²) >= 11 is 0. The van der Waals surface area contributed by atoms with E-state index in [1.54, 1.807) is 39.8 Å². The minimum absolute atomic E-state index is 0.0249. The molecule has 0 aliphatic rings. The van der Waals surface area contributed by atoms with E-state index in [9.17, 15) is 14.4 Å². The van der Waals surface area contributed by atoms with Gasteiger partial charge in [0.1, 0.15) is 34.4 Å². The molecule has 0 fully saturated rings. The molecule has 0 saturated heterocycles. The molecule has 0 radical (unpaired) electrons. The summed E-state index contributed by atoms with van der Waals surface area (Å²) in [6, 6.07) is 6.46. The zero-order valence-electron chi connectivity index (χ0n) is 24.3. The molecule has 0 spiro atoms. The van der Waals surface area contributed by atoms with Crippen molar-refractivity contribution in [3.05, 3.63) is 70.1 Å². The minimum Gasteiger partial charge on any atom is -0.476 e. The van der Waals surface area contributed by atoms with Gasteiger partial charge < -0.3 is 28.9 Å². The smallest absolute Gasteiger partial charge is 0.358 e. The number of nitrogens with two attached hydrogens (primary N) is 1. The number of ketones is 1. The molecule has 0 aromatic carbocycles. The monoisotopic (exact) mass is 576 g/mol. The van der Waals surface area contributed by atoms with E-state index in [2.05, 4.69) is 30.0 Å². The normalized spacial score (nSPS) is 10.7. The standard InChI is InChI=1S/C7H10N2O3.C7H12N2O.C7H9NO2.C5H5NO3/c1-5-4-6(8-12-5)7(10)9(2)11-3;1-3-6(8)7-4-5(2)10-9-7;1-3-7(9)6-4-5(2)10-8-6;1-3-2-4(5(7)8)6-9-3/h4H,1-3H3;4,6H,3,8H2,1-2H3;4H,3H2,1-2H3;2H,1H3,(H,7,8). The summed E-state index contributed by atoms with van der Waals surface area (Å²) in [5.74, 6) is 1.24. The Balaban J connectivity index is 0.000000275. The Morgan fingerprint density at radius 1 is 0.829 bits per heavy atom. The average molecular weight is 577 g/mol. The topological polar surface area (TPSA) is 214 Å². The van der Waals surface area contributed by atoms with E-state index >= 15 is 0 Å². The molecular weight excluding hydrogens is 540 g/mol. The van der Waals surface area contributed by atoms with Gasteiger partial charge >= 0.3 is 5.97 Å². The fourth-order valence-corrected chi connectivity index (χ4v) is 2.63. The molecule has 0 aliphatic carbocycles. The van der Waals surface area contributed by atoms with Crippen molar-refractivity contribution in [1.82, 2.24) is 25.7 Å². The fourth-order valence-electron chi connectivity index (χ4n) is 2.63. The van der Waals surface area contributed by atoms with Crippen LogP contribution in [0.3, 0.4) is 0 Å². The lowest BCUT2D eigenvalue weighted by molar-refractivity contribution is -0.0762. The molecule has 4 rings (SSSR count). The van der Waals surface area contributed by atoms with E-state index in [0.717, 1.165) is 22.9 Å². The Morgan fingerprint density at radius 2 is 1.27 bits per heavy atom. The molecule has 4 aromatic rings. The predicted octanol–water partition coefficient (Wildman–Crippen LogP) is 4.27. The summed E-state index contributed by atoms with van der Waals surface area (Å²) in [7, 11) is 2.91. The van der Waals surface area contributed by atoms with Crippen LogP contribution < -0.4 is 5.73 Å². The van der Waals surface area contributed by atoms with Gasteiger partial charge in [0.15, 0.2) is 17.2 Å². The quantitative estimate of drug-likeness (QED) is 0.232. The fraction of sp³-hybridized carbons (Fsp3) is 0.423. The second kappa shape index (κ2) is 17.1. The first kappa shape index (κ1) is 34.4. The SMILES string of the molecule is CCC(=O)c1cc(C)on1.CCC(N)c1cc(C)on1.CON(C)C(=O)c1cc(C)on1.Cc1cc(C(=O)O)no1. The van der Waals surface area contributed by atoms with Crippen molar-refractivity contribution in [3.63, 3.8) is 0 Å². The Labute approximate surface area is 236 Å². The van der Waals surface area contributed by atoms with Crippen LogP contribution in [0.25, 0.3) is 0 Å². The first-order valence-electron chi connectivity index (χ1n) is 12.4. The maximum absolute atomic E-state index is 11.3. The number of carboxylic acids is 1. The number of hydroxylamine groups is 2. The lowest BCUT2D eigenvalue weighted by Gasteiger charge is -2.10. The van der Waals surface area contributed by atoms with E-state index < -0.39 is 5.97 Å². The number of Topliss-reactive ketones (excluding diaryl/α,β-unsaturated/α-hetero) is 1. The van der Waals surface area contributed by atoms with Gasteiger partial charge in [-0.2, -0.15) is 0 Å². The third-order valence-electron chi connectivity index (χ3n) is 4.95. The van der Waals surface area contributed by atoms with Crippen LogP contribution in [0.2, 0.25) is 0 Å². The highest BCUT2D eigenvalue weighted by Crippen LogP contribution is 2.12. The first-order valence-corrected chi connectivity index (χ1v) is 12.4. The maximum atomic E-state index is 11.3. The van der Waals surface area contributed by atoms with E-state index in [1.807, 2.05) is 19.9 Å². The minimum atomic E-state index is -1.06. The molecule has 0 bridgehead atoms. The lowest BCUT2D eigenvalue weighted by atomic mass is 10.2. The van der Waals surface area contributed by atoms with Crippen LogP contribution in [0.1, 0.15) is 92.9 Å². The number of hydrogen-bond acceptors (Lipinski definition) is 13. The summed E-state index contributed by atoms with van der Waals surface area (Å²) in [5, 5.41) is 23.5. The number of aromatic carboxylic acids is 1. The maximum Gasteiger partial charge on any atom is 0.358 e. The highest BCUT2D eigenvalue weighted by Gasteiger charge is 2.15.